The summed E-state index contributed by atoms with van der Waals surface area (Å²) < 4.78 is 0. The molecule has 0 aromatic heterocycles. The van der Waals surface area contributed by atoms with Gasteiger partial charge in [0.1, 0.15) is 11.8 Å². The number of fused-ring (bicyclic) bond motifs is 1. The molecule has 4 atom stereocenters. The van der Waals surface area contributed by atoms with Crippen LogP contribution in [-0.4, -0.2) is 45.3 Å². The summed E-state index contributed by atoms with van der Waals surface area (Å²) in [5, 5.41) is 35.9. The normalized spacial score (nSPS) is 20.8. The van der Waals surface area contributed by atoms with E-state index in [2.05, 4.69) is 10.6 Å². The number of aliphatic hydroxyl groups is 1. The van der Waals surface area contributed by atoms with Gasteiger partial charge < -0.3 is 20.8 Å². The number of benzene rings is 2. The van der Waals surface area contributed by atoms with Crippen molar-refractivity contribution in [1.29, 1.82) is 0 Å². The Kier molecular flexibility index (Phi) is 8.22. The lowest BCUT2D eigenvalue weighted by molar-refractivity contribution is -0.140. The van der Waals surface area contributed by atoms with E-state index in [1.807, 2.05) is 24.3 Å². The Bertz CT molecular complexity index is 1100. The lowest BCUT2D eigenvalue weighted by Crippen LogP contribution is -2.56. The van der Waals surface area contributed by atoms with Crippen molar-refractivity contribution in [2.75, 3.05) is 0 Å². The third-order valence-electron chi connectivity index (χ3n) is 7.33. The third kappa shape index (κ3) is 5.85. The second-order valence-electron chi connectivity index (χ2n) is 9.77. The van der Waals surface area contributed by atoms with Gasteiger partial charge in [-0.05, 0) is 47.9 Å². The first-order valence-electron chi connectivity index (χ1n) is 12.4. The van der Waals surface area contributed by atoms with Crippen LogP contribution < -0.4 is 16.1 Å². The molecule has 9 heteroatoms. The fraction of sp³-hybridized carbons (Fsp3) is 0.444. The van der Waals surface area contributed by atoms with Gasteiger partial charge in [0.15, 0.2) is 0 Å². The van der Waals surface area contributed by atoms with Crippen LogP contribution >= 0.6 is 0 Å². The number of rotatable bonds is 9. The largest absolute Gasteiger partial charge is 0.508 e. The highest BCUT2D eigenvalue weighted by molar-refractivity contribution is 5.93. The minimum absolute atomic E-state index is 0.0650. The van der Waals surface area contributed by atoms with Crippen LogP contribution in [0.5, 0.6) is 5.75 Å². The summed E-state index contributed by atoms with van der Waals surface area (Å²) in [5.74, 6) is -2.94. The number of amides is 3. The number of carbonyl (C=O) groups is 3. The number of phenolic OH excluding ortho intramolecular Hbond substituents is 1. The van der Waals surface area contributed by atoms with E-state index >= 15 is 0 Å². The zero-order valence-corrected chi connectivity index (χ0v) is 20.0. The Morgan fingerprint density at radius 2 is 1.67 bits per heavy atom. The first-order chi connectivity index (χ1) is 17.4. The van der Waals surface area contributed by atoms with Gasteiger partial charge in [0.2, 0.25) is 17.7 Å². The van der Waals surface area contributed by atoms with Crippen molar-refractivity contribution in [2.45, 2.75) is 63.1 Å². The van der Waals surface area contributed by atoms with Gasteiger partial charge in [-0.15, -0.1) is 0 Å². The Balaban J connectivity index is 1.60. The van der Waals surface area contributed by atoms with Gasteiger partial charge in [-0.25, -0.2) is 5.48 Å². The molecule has 1 fully saturated rings. The average Bonchev–Trinajstić information content (AvgIpc) is 3.49. The minimum Gasteiger partial charge on any atom is -0.508 e. The Morgan fingerprint density at radius 1 is 0.972 bits per heavy atom. The first-order valence-corrected chi connectivity index (χ1v) is 12.4. The van der Waals surface area contributed by atoms with Crippen LogP contribution in [-0.2, 0) is 27.2 Å². The Hall–Kier alpha value is -3.43. The van der Waals surface area contributed by atoms with Gasteiger partial charge in [-0.3, -0.25) is 19.6 Å². The zero-order valence-electron chi connectivity index (χ0n) is 20.0. The minimum atomic E-state index is -1.34. The van der Waals surface area contributed by atoms with Gasteiger partial charge in [0.05, 0.1) is 18.1 Å². The van der Waals surface area contributed by atoms with E-state index in [1.54, 1.807) is 23.7 Å². The lowest BCUT2D eigenvalue weighted by atomic mass is 9.89. The van der Waals surface area contributed by atoms with Crippen molar-refractivity contribution in [3.05, 3.63) is 65.2 Å². The number of aliphatic hydroxyl groups excluding tert-OH is 1. The number of para-hydroxylation sites is 1. The number of phenols is 1. The van der Waals surface area contributed by atoms with E-state index in [4.69, 9.17) is 0 Å². The van der Waals surface area contributed by atoms with Crippen molar-refractivity contribution >= 4 is 17.7 Å². The molecule has 2 aliphatic rings. The first kappa shape index (κ1) is 25.7. The summed E-state index contributed by atoms with van der Waals surface area (Å²) >= 11 is 0. The topological polar surface area (TPSA) is 148 Å². The molecule has 0 spiro atoms. The fourth-order valence-electron chi connectivity index (χ4n) is 5.41. The molecule has 2 aromatic carbocycles. The summed E-state index contributed by atoms with van der Waals surface area (Å²) in [6, 6.07) is 11.7. The molecule has 0 saturated heterocycles. The molecule has 1 saturated carbocycles. The molecule has 3 amide bonds. The highest BCUT2D eigenvalue weighted by Crippen LogP contribution is 2.32. The number of carbonyl (C=O) groups excluding carboxylic acids is 3. The van der Waals surface area contributed by atoms with Crippen molar-refractivity contribution < 1.29 is 29.8 Å². The van der Waals surface area contributed by atoms with Crippen LogP contribution in [0.3, 0.4) is 0 Å². The van der Waals surface area contributed by atoms with E-state index in [9.17, 15) is 29.8 Å². The molecule has 0 radical (unpaired) electrons. The van der Waals surface area contributed by atoms with E-state index in [0.717, 1.165) is 36.8 Å². The molecule has 9 nitrogen and oxygen atoms in total. The summed E-state index contributed by atoms with van der Waals surface area (Å²) in [5.41, 5.74) is 3.68. The summed E-state index contributed by atoms with van der Waals surface area (Å²) in [4.78, 5) is 39.3. The molecule has 0 bridgehead atoms. The van der Waals surface area contributed by atoms with Gasteiger partial charge in [-0.2, -0.15) is 0 Å². The van der Waals surface area contributed by atoms with Crippen LogP contribution in [0.15, 0.2) is 48.5 Å². The van der Waals surface area contributed by atoms with Crippen molar-refractivity contribution in [2.24, 2.45) is 11.8 Å². The monoisotopic (exact) mass is 495 g/mol. The van der Waals surface area contributed by atoms with E-state index < -0.39 is 35.9 Å². The van der Waals surface area contributed by atoms with Gasteiger partial charge in [-0.1, -0.05) is 55.3 Å². The average molecular weight is 496 g/mol. The second-order valence-corrected chi connectivity index (χ2v) is 9.77. The number of aromatic hydroxyl groups is 1. The summed E-state index contributed by atoms with van der Waals surface area (Å²) in [6.07, 6.45) is 3.64. The van der Waals surface area contributed by atoms with Crippen LogP contribution in [0.4, 0.5) is 0 Å². The summed E-state index contributed by atoms with van der Waals surface area (Å²) in [6.45, 7) is 0. The van der Waals surface area contributed by atoms with Crippen LogP contribution in [0.2, 0.25) is 0 Å². The molecular weight excluding hydrogens is 462 g/mol. The zero-order chi connectivity index (χ0) is 25.7. The van der Waals surface area contributed by atoms with E-state index in [1.165, 1.54) is 6.07 Å². The van der Waals surface area contributed by atoms with Crippen LogP contribution in [0, 0.1) is 11.8 Å². The second kappa shape index (κ2) is 11.5. The highest BCUT2D eigenvalue weighted by Gasteiger charge is 2.39. The maximum atomic E-state index is 13.6. The predicted molar refractivity (Wildman–Crippen MR) is 131 cm³/mol. The van der Waals surface area contributed by atoms with Gasteiger partial charge >= 0.3 is 0 Å². The molecule has 2 aromatic rings. The maximum Gasteiger partial charge on any atom is 0.249 e. The molecule has 36 heavy (non-hydrogen) atoms. The van der Waals surface area contributed by atoms with Crippen LogP contribution in [0.1, 0.15) is 54.8 Å². The molecule has 2 aliphatic carbocycles. The van der Waals surface area contributed by atoms with E-state index in [-0.39, 0.29) is 30.4 Å². The predicted octanol–water partition coefficient (Wildman–Crippen LogP) is 1.90. The molecular formula is C27H33N3O6. The van der Waals surface area contributed by atoms with Crippen molar-refractivity contribution in [3.63, 3.8) is 0 Å². The smallest absolute Gasteiger partial charge is 0.249 e. The SMILES string of the molecule is O=C(CC1CCCC1)N[C@@H](C(=O)N[C@H]1c2ccccc2C[C@H]1O)[C@H](Cc1ccccc1O)C(=O)NO. The number of hydroxylamine groups is 1. The van der Waals surface area contributed by atoms with Gasteiger partial charge in [0, 0.05) is 12.8 Å². The Morgan fingerprint density at radius 3 is 2.39 bits per heavy atom. The van der Waals surface area contributed by atoms with Crippen molar-refractivity contribution in [3.8, 4) is 5.75 Å². The standard InChI is InChI=1S/C27H33N3O6/c31-21-12-6-4-10-18(21)14-20(26(34)30-36)25(28-23(33)13-16-7-1-2-8-16)27(35)29-24-19-11-5-3-9-17(19)15-22(24)32/h3-6,9-12,16,20,22,24-25,31-32,36H,1-2,7-8,13-15H2,(H,28,33)(H,29,35)(H,30,34)/t20-,22+,24-,25+/m0/s1. The molecule has 0 heterocycles. The Labute approximate surface area is 209 Å². The fourth-order valence-corrected chi connectivity index (χ4v) is 5.41. The quantitative estimate of drug-likeness (QED) is 0.231. The third-order valence-corrected chi connectivity index (χ3v) is 7.33. The maximum absolute atomic E-state index is 13.6. The molecule has 6 N–H and O–H groups in total. The molecule has 4 rings (SSSR count). The number of hydrogen-bond acceptors (Lipinski definition) is 6. The molecule has 0 unspecified atom stereocenters. The summed E-state index contributed by atoms with van der Waals surface area (Å²) in [7, 11) is 0. The molecule has 0 aliphatic heterocycles. The van der Waals surface area contributed by atoms with Gasteiger partial charge in [0.25, 0.3) is 0 Å². The highest BCUT2D eigenvalue weighted by atomic mass is 16.5. The lowest BCUT2D eigenvalue weighted by Gasteiger charge is -2.29. The van der Waals surface area contributed by atoms with Crippen molar-refractivity contribution in [1.82, 2.24) is 16.1 Å². The molecule has 192 valence electrons. The van der Waals surface area contributed by atoms with E-state index in [0.29, 0.717) is 12.0 Å². The van der Waals surface area contributed by atoms with Crippen LogP contribution in [0.25, 0.3) is 0 Å². The number of hydrogen-bond donors (Lipinski definition) is 6. The number of nitrogens with one attached hydrogen (secondary N) is 3.